The van der Waals surface area contributed by atoms with Crippen molar-refractivity contribution in [1.82, 2.24) is 4.98 Å². The summed E-state index contributed by atoms with van der Waals surface area (Å²) in [5.41, 5.74) is 12.3. The Morgan fingerprint density at radius 1 is 1.29 bits per heavy atom. The SMILES string of the molecule is Cc1ccnc(N(CCN)CCN)c1. The number of rotatable bonds is 5. The molecule has 0 radical (unpaired) electrons. The van der Waals surface area contributed by atoms with Crippen LogP contribution < -0.4 is 16.4 Å². The first-order chi connectivity index (χ1) is 6.77. The van der Waals surface area contributed by atoms with E-state index in [1.807, 2.05) is 25.3 Å². The molecular weight excluding hydrogens is 176 g/mol. The van der Waals surface area contributed by atoms with E-state index in [1.165, 1.54) is 5.56 Å². The van der Waals surface area contributed by atoms with Crippen LogP contribution in [-0.4, -0.2) is 31.2 Å². The maximum atomic E-state index is 5.52. The highest BCUT2D eigenvalue weighted by Crippen LogP contribution is 2.10. The van der Waals surface area contributed by atoms with E-state index in [1.54, 1.807) is 0 Å². The molecule has 0 atom stereocenters. The third-order valence-electron chi connectivity index (χ3n) is 2.02. The van der Waals surface area contributed by atoms with Crippen LogP contribution in [0, 0.1) is 6.92 Å². The molecule has 0 aliphatic carbocycles. The lowest BCUT2D eigenvalue weighted by atomic mass is 10.3. The molecule has 4 N–H and O–H groups in total. The van der Waals surface area contributed by atoms with Crippen LogP contribution in [-0.2, 0) is 0 Å². The van der Waals surface area contributed by atoms with Crippen molar-refractivity contribution in [2.24, 2.45) is 11.5 Å². The van der Waals surface area contributed by atoms with Crippen molar-refractivity contribution in [3.05, 3.63) is 23.9 Å². The van der Waals surface area contributed by atoms with E-state index in [0.29, 0.717) is 13.1 Å². The Balaban J connectivity index is 2.75. The number of nitrogens with zero attached hydrogens (tertiary/aromatic N) is 2. The Labute approximate surface area is 84.9 Å². The van der Waals surface area contributed by atoms with Gasteiger partial charge in [0.15, 0.2) is 0 Å². The number of aryl methyl sites for hydroxylation is 1. The summed E-state index contributed by atoms with van der Waals surface area (Å²) in [6.07, 6.45) is 1.81. The molecule has 1 rings (SSSR count). The van der Waals surface area contributed by atoms with E-state index in [0.717, 1.165) is 18.9 Å². The van der Waals surface area contributed by atoms with Gasteiger partial charge in [-0.1, -0.05) is 0 Å². The monoisotopic (exact) mass is 194 g/mol. The summed E-state index contributed by atoms with van der Waals surface area (Å²) in [5, 5.41) is 0. The van der Waals surface area contributed by atoms with Crippen molar-refractivity contribution in [2.45, 2.75) is 6.92 Å². The van der Waals surface area contributed by atoms with Crippen LogP contribution >= 0.6 is 0 Å². The molecule has 1 aromatic rings. The van der Waals surface area contributed by atoms with E-state index in [4.69, 9.17) is 11.5 Å². The topological polar surface area (TPSA) is 68.2 Å². The lowest BCUT2D eigenvalue weighted by Gasteiger charge is -2.22. The van der Waals surface area contributed by atoms with Gasteiger partial charge >= 0.3 is 0 Å². The summed E-state index contributed by atoms with van der Waals surface area (Å²) in [6.45, 7) is 4.89. The zero-order valence-electron chi connectivity index (χ0n) is 8.61. The molecule has 0 saturated carbocycles. The average Bonchev–Trinajstić information content (AvgIpc) is 2.17. The van der Waals surface area contributed by atoms with Crippen LogP contribution in [0.1, 0.15) is 5.56 Å². The molecule has 0 bridgehead atoms. The standard InChI is InChI=1S/C10H18N4/c1-9-2-5-13-10(8-9)14(6-3-11)7-4-12/h2,5,8H,3-4,6-7,11-12H2,1H3. The quantitative estimate of drug-likeness (QED) is 0.698. The second kappa shape index (κ2) is 5.57. The van der Waals surface area contributed by atoms with Gasteiger partial charge in [0, 0.05) is 32.4 Å². The van der Waals surface area contributed by atoms with Gasteiger partial charge < -0.3 is 16.4 Å². The molecule has 0 fully saturated rings. The zero-order chi connectivity index (χ0) is 10.4. The first-order valence-electron chi connectivity index (χ1n) is 4.85. The molecule has 0 aromatic carbocycles. The van der Waals surface area contributed by atoms with Gasteiger partial charge in [-0.25, -0.2) is 4.98 Å². The van der Waals surface area contributed by atoms with Gasteiger partial charge in [0.2, 0.25) is 0 Å². The number of hydrogen-bond acceptors (Lipinski definition) is 4. The van der Waals surface area contributed by atoms with Crippen molar-refractivity contribution in [3.63, 3.8) is 0 Å². The molecule has 0 amide bonds. The number of anilines is 1. The van der Waals surface area contributed by atoms with Gasteiger partial charge in [-0.15, -0.1) is 0 Å². The Kier molecular flexibility index (Phi) is 4.35. The largest absolute Gasteiger partial charge is 0.354 e. The van der Waals surface area contributed by atoms with Crippen LogP contribution in [0.25, 0.3) is 0 Å². The minimum atomic E-state index is 0.621. The molecule has 1 heterocycles. The normalized spacial score (nSPS) is 10.2. The fourth-order valence-electron chi connectivity index (χ4n) is 1.35. The molecule has 4 nitrogen and oxygen atoms in total. The van der Waals surface area contributed by atoms with E-state index < -0.39 is 0 Å². The maximum Gasteiger partial charge on any atom is 0.128 e. The van der Waals surface area contributed by atoms with Gasteiger partial charge in [0.1, 0.15) is 5.82 Å². The van der Waals surface area contributed by atoms with Crippen LogP contribution in [0.5, 0.6) is 0 Å². The fourth-order valence-corrected chi connectivity index (χ4v) is 1.35. The van der Waals surface area contributed by atoms with Gasteiger partial charge in [-0.2, -0.15) is 0 Å². The van der Waals surface area contributed by atoms with E-state index in [9.17, 15) is 0 Å². The molecule has 14 heavy (non-hydrogen) atoms. The first kappa shape index (κ1) is 10.9. The van der Waals surface area contributed by atoms with E-state index in [-0.39, 0.29) is 0 Å². The zero-order valence-corrected chi connectivity index (χ0v) is 8.61. The van der Waals surface area contributed by atoms with Crippen molar-refractivity contribution < 1.29 is 0 Å². The lowest BCUT2D eigenvalue weighted by molar-refractivity contribution is 0.769. The Morgan fingerprint density at radius 2 is 1.93 bits per heavy atom. The molecule has 0 unspecified atom stereocenters. The van der Waals surface area contributed by atoms with Crippen molar-refractivity contribution in [1.29, 1.82) is 0 Å². The summed E-state index contributed by atoms with van der Waals surface area (Å²) >= 11 is 0. The van der Waals surface area contributed by atoms with E-state index in [2.05, 4.69) is 9.88 Å². The van der Waals surface area contributed by atoms with Gasteiger partial charge in [0.25, 0.3) is 0 Å². The van der Waals surface area contributed by atoms with Gasteiger partial charge in [-0.05, 0) is 24.6 Å². The molecule has 0 aliphatic heterocycles. The smallest absolute Gasteiger partial charge is 0.128 e. The van der Waals surface area contributed by atoms with Crippen molar-refractivity contribution >= 4 is 5.82 Å². The lowest BCUT2D eigenvalue weighted by Crippen LogP contribution is -2.34. The number of hydrogen-bond donors (Lipinski definition) is 2. The number of aromatic nitrogens is 1. The minimum absolute atomic E-state index is 0.621. The molecule has 0 saturated heterocycles. The first-order valence-corrected chi connectivity index (χ1v) is 4.85. The Bertz CT molecular complexity index is 269. The summed E-state index contributed by atoms with van der Waals surface area (Å²) in [5.74, 6) is 0.959. The van der Waals surface area contributed by atoms with Crippen LogP contribution in [0.15, 0.2) is 18.3 Å². The summed E-state index contributed by atoms with van der Waals surface area (Å²) in [7, 11) is 0. The van der Waals surface area contributed by atoms with E-state index >= 15 is 0 Å². The highest BCUT2D eigenvalue weighted by Gasteiger charge is 2.05. The highest BCUT2D eigenvalue weighted by molar-refractivity contribution is 5.40. The third kappa shape index (κ3) is 2.97. The molecular formula is C10H18N4. The minimum Gasteiger partial charge on any atom is -0.354 e. The maximum absolute atomic E-state index is 5.52. The van der Waals surface area contributed by atoms with Gasteiger partial charge in [0.05, 0.1) is 0 Å². The Morgan fingerprint density at radius 3 is 2.43 bits per heavy atom. The third-order valence-corrected chi connectivity index (χ3v) is 2.02. The fraction of sp³-hybridized carbons (Fsp3) is 0.500. The van der Waals surface area contributed by atoms with Crippen LogP contribution in [0.3, 0.4) is 0 Å². The summed E-state index contributed by atoms with van der Waals surface area (Å²) in [4.78, 5) is 6.40. The predicted molar refractivity (Wildman–Crippen MR) is 59.3 cm³/mol. The number of pyridine rings is 1. The van der Waals surface area contributed by atoms with Crippen molar-refractivity contribution in [2.75, 3.05) is 31.1 Å². The van der Waals surface area contributed by atoms with Crippen LogP contribution in [0.4, 0.5) is 5.82 Å². The van der Waals surface area contributed by atoms with Crippen LogP contribution in [0.2, 0.25) is 0 Å². The van der Waals surface area contributed by atoms with Crippen molar-refractivity contribution in [3.8, 4) is 0 Å². The second-order valence-corrected chi connectivity index (χ2v) is 3.26. The predicted octanol–water partition coefficient (Wildman–Crippen LogP) is 0.114. The Hall–Kier alpha value is -1.13. The molecule has 4 heteroatoms. The van der Waals surface area contributed by atoms with Gasteiger partial charge in [-0.3, -0.25) is 0 Å². The molecule has 0 spiro atoms. The molecule has 0 aliphatic rings. The number of nitrogens with two attached hydrogens (primary N) is 2. The summed E-state index contributed by atoms with van der Waals surface area (Å²) in [6, 6.07) is 4.03. The average molecular weight is 194 g/mol. The molecule has 78 valence electrons. The summed E-state index contributed by atoms with van der Waals surface area (Å²) < 4.78 is 0. The second-order valence-electron chi connectivity index (χ2n) is 3.26. The molecule has 1 aromatic heterocycles. The highest BCUT2D eigenvalue weighted by atomic mass is 15.2.